The number of fused-ring (bicyclic) bond motifs is 2. The number of nitrogens with one attached hydrogen (secondary N) is 2. The van der Waals surface area contributed by atoms with Crippen molar-refractivity contribution in [2.45, 2.75) is 30.2 Å². The summed E-state index contributed by atoms with van der Waals surface area (Å²) in [6.07, 6.45) is -3.96. The lowest BCUT2D eigenvalue weighted by atomic mass is 9.70. The molecule has 3 unspecified atom stereocenters. The van der Waals surface area contributed by atoms with E-state index in [1.54, 1.807) is 48.5 Å². The van der Waals surface area contributed by atoms with E-state index < -0.39 is 30.2 Å². The van der Waals surface area contributed by atoms with Gasteiger partial charge in [0.05, 0.1) is 11.6 Å². The molecule has 0 amide bonds. The van der Waals surface area contributed by atoms with E-state index in [0.717, 1.165) is 0 Å². The maximum Gasteiger partial charge on any atom is 0.419 e. The van der Waals surface area contributed by atoms with E-state index in [9.17, 15) is 23.1 Å². The Bertz CT molecular complexity index is 1140. The minimum atomic E-state index is -4.86. The third kappa shape index (κ3) is 3.11. The lowest BCUT2D eigenvalue weighted by Gasteiger charge is -2.45. The summed E-state index contributed by atoms with van der Waals surface area (Å²) in [7, 11) is 0. The summed E-state index contributed by atoms with van der Waals surface area (Å²) in [5.74, 6) is -0.625. The van der Waals surface area contributed by atoms with Crippen molar-refractivity contribution in [2.24, 2.45) is 0 Å². The van der Waals surface area contributed by atoms with Gasteiger partial charge in [0, 0.05) is 23.1 Å². The summed E-state index contributed by atoms with van der Waals surface area (Å²) in [4.78, 5) is 14.2. The van der Waals surface area contributed by atoms with Gasteiger partial charge in [-0.3, -0.25) is 4.79 Å². The third-order valence-electron chi connectivity index (χ3n) is 5.56. The highest BCUT2D eigenvalue weighted by atomic mass is 19.4. The number of aromatic nitrogens is 1. The predicted octanol–water partition coefficient (Wildman–Crippen LogP) is 4.65. The Morgan fingerprint density at radius 3 is 2.52 bits per heavy atom. The summed E-state index contributed by atoms with van der Waals surface area (Å²) < 4.78 is 42.2. The van der Waals surface area contributed by atoms with Crippen LogP contribution in [-0.4, -0.2) is 21.9 Å². The summed E-state index contributed by atoms with van der Waals surface area (Å²) in [5, 5.41) is 14.4. The number of allylic oxidation sites excluding steroid dienone is 1. The molecule has 1 aromatic heterocycles. The molecule has 7 heteroatoms. The quantitative estimate of drug-likeness (QED) is 0.561. The number of alkyl halides is 3. The van der Waals surface area contributed by atoms with Gasteiger partial charge in [0.1, 0.15) is 0 Å². The van der Waals surface area contributed by atoms with Crippen molar-refractivity contribution in [1.29, 1.82) is 0 Å². The molecular weight excluding hydrogens is 381 g/mol. The maximum absolute atomic E-state index is 14.1. The molecule has 1 heterocycles. The molecule has 150 valence electrons. The Kier molecular flexibility index (Phi) is 4.50. The number of aliphatic hydroxyl groups is 1. The van der Waals surface area contributed by atoms with E-state index in [0.29, 0.717) is 27.7 Å². The van der Waals surface area contributed by atoms with Crippen LogP contribution in [0.15, 0.2) is 72.0 Å². The normalized spacial score (nSPS) is 24.1. The van der Waals surface area contributed by atoms with Crippen molar-refractivity contribution in [3.05, 3.63) is 88.7 Å². The van der Waals surface area contributed by atoms with Crippen molar-refractivity contribution in [1.82, 2.24) is 4.98 Å². The predicted molar refractivity (Wildman–Crippen MR) is 106 cm³/mol. The van der Waals surface area contributed by atoms with Crippen LogP contribution in [0.1, 0.15) is 29.5 Å². The topological polar surface area (TPSA) is 65.1 Å². The molecule has 4 rings (SSSR count). The van der Waals surface area contributed by atoms with Gasteiger partial charge >= 0.3 is 6.18 Å². The molecule has 0 spiro atoms. The fourth-order valence-corrected chi connectivity index (χ4v) is 4.09. The first kappa shape index (κ1) is 19.3. The number of anilines is 1. The van der Waals surface area contributed by atoms with E-state index in [2.05, 4.69) is 16.9 Å². The van der Waals surface area contributed by atoms with Crippen LogP contribution in [0.4, 0.5) is 18.9 Å². The van der Waals surface area contributed by atoms with Gasteiger partial charge in [0.2, 0.25) is 5.56 Å². The number of aromatic amines is 1. The zero-order valence-electron chi connectivity index (χ0n) is 15.3. The number of halogens is 3. The number of H-pyrrole nitrogens is 1. The molecular formula is C22H19F3N2O2. The highest BCUT2D eigenvalue weighted by molar-refractivity contribution is 5.91. The Morgan fingerprint density at radius 2 is 1.83 bits per heavy atom. The molecule has 1 aliphatic rings. The van der Waals surface area contributed by atoms with Gasteiger partial charge in [-0.15, -0.1) is 6.58 Å². The second-order valence-corrected chi connectivity index (χ2v) is 7.26. The second kappa shape index (κ2) is 6.77. The molecule has 0 fully saturated rings. The number of hydrogen-bond donors (Lipinski definition) is 3. The molecule has 0 bridgehead atoms. The van der Waals surface area contributed by atoms with Crippen molar-refractivity contribution < 1.29 is 18.3 Å². The van der Waals surface area contributed by atoms with Crippen LogP contribution in [0.5, 0.6) is 0 Å². The van der Waals surface area contributed by atoms with Gasteiger partial charge in [0.25, 0.3) is 0 Å². The highest BCUT2D eigenvalue weighted by Gasteiger charge is 2.61. The van der Waals surface area contributed by atoms with Crippen LogP contribution in [0.3, 0.4) is 0 Å². The van der Waals surface area contributed by atoms with Crippen LogP contribution in [0.2, 0.25) is 0 Å². The molecule has 3 N–H and O–H groups in total. The summed E-state index contributed by atoms with van der Waals surface area (Å²) in [6.45, 7) is 3.66. The van der Waals surface area contributed by atoms with Gasteiger partial charge in [0.15, 0.2) is 5.60 Å². The molecule has 0 saturated carbocycles. The van der Waals surface area contributed by atoms with Crippen LogP contribution in [0.25, 0.3) is 10.9 Å². The highest BCUT2D eigenvalue weighted by Crippen LogP contribution is 2.52. The van der Waals surface area contributed by atoms with E-state index in [4.69, 9.17) is 0 Å². The Labute approximate surface area is 164 Å². The monoisotopic (exact) mass is 400 g/mol. The number of hydrogen-bond acceptors (Lipinski definition) is 3. The Balaban J connectivity index is 1.90. The van der Waals surface area contributed by atoms with Crippen molar-refractivity contribution in [3.8, 4) is 0 Å². The summed E-state index contributed by atoms with van der Waals surface area (Å²) in [5.41, 5.74) is -1.36. The van der Waals surface area contributed by atoms with Gasteiger partial charge in [-0.05, 0) is 35.7 Å². The van der Waals surface area contributed by atoms with Crippen LogP contribution >= 0.6 is 0 Å². The first-order valence-corrected chi connectivity index (χ1v) is 9.13. The van der Waals surface area contributed by atoms with Crippen LogP contribution in [0, 0.1) is 0 Å². The van der Waals surface area contributed by atoms with E-state index in [1.165, 1.54) is 12.1 Å². The fraction of sp³-hybridized carbons (Fsp3) is 0.227. The first-order chi connectivity index (χ1) is 13.7. The van der Waals surface area contributed by atoms with E-state index in [1.807, 2.05) is 0 Å². The molecule has 29 heavy (non-hydrogen) atoms. The molecule has 3 atom stereocenters. The van der Waals surface area contributed by atoms with Crippen molar-refractivity contribution in [3.63, 3.8) is 0 Å². The first-order valence-electron chi connectivity index (χ1n) is 9.13. The average molecular weight is 400 g/mol. The zero-order valence-corrected chi connectivity index (χ0v) is 15.3. The average Bonchev–Trinajstić information content (AvgIpc) is 2.68. The Hall–Kier alpha value is -3.06. The largest absolute Gasteiger partial charge is 0.419 e. The molecule has 0 saturated heterocycles. The van der Waals surface area contributed by atoms with E-state index in [-0.39, 0.29) is 5.56 Å². The summed E-state index contributed by atoms with van der Waals surface area (Å²) >= 11 is 0. The van der Waals surface area contributed by atoms with Gasteiger partial charge in [-0.2, -0.15) is 13.2 Å². The fourth-order valence-electron chi connectivity index (χ4n) is 4.09. The van der Waals surface area contributed by atoms with Gasteiger partial charge in [-0.1, -0.05) is 36.4 Å². The lowest BCUT2D eigenvalue weighted by Crippen LogP contribution is -2.55. The van der Waals surface area contributed by atoms with Crippen LogP contribution < -0.4 is 10.9 Å². The minimum Gasteiger partial charge on any atom is -0.379 e. The molecule has 0 radical (unpaired) electrons. The maximum atomic E-state index is 14.1. The Morgan fingerprint density at radius 1 is 1.10 bits per heavy atom. The lowest BCUT2D eigenvalue weighted by molar-refractivity contribution is -0.271. The molecule has 4 nitrogen and oxygen atoms in total. The molecule has 0 aliphatic heterocycles. The molecule has 3 aromatic rings. The SMILES string of the molecule is C=CC1CC(O)(C(F)(F)F)C(Nc2cccc3[nH]c(=O)ccc23)c2ccccc21. The summed E-state index contributed by atoms with van der Waals surface area (Å²) in [6, 6.07) is 13.1. The minimum absolute atomic E-state index is 0.307. The molecule has 1 aliphatic carbocycles. The smallest absolute Gasteiger partial charge is 0.379 e. The zero-order chi connectivity index (χ0) is 20.8. The number of pyridine rings is 1. The van der Waals surface area contributed by atoms with Gasteiger partial charge < -0.3 is 15.4 Å². The second-order valence-electron chi connectivity index (χ2n) is 7.26. The molecule has 2 aromatic carbocycles. The van der Waals surface area contributed by atoms with E-state index >= 15 is 0 Å². The van der Waals surface area contributed by atoms with Gasteiger partial charge in [-0.25, -0.2) is 0 Å². The van der Waals surface area contributed by atoms with Crippen LogP contribution in [-0.2, 0) is 0 Å². The number of rotatable bonds is 3. The third-order valence-corrected chi connectivity index (χ3v) is 5.56. The van der Waals surface area contributed by atoms with Crippen molar-refractivity contribution >= 4 is 16.6 Å². The van der Waals surface area contributed by atoms with Crippen molar-refractivity contribution in [2.75, 3.05) is 5.32 Å². The standard InChI is InChI=1S/C22H19F3N2O2/c1-2-13-12-21(29,22(23,24)25)20(15-7-4-3-6-14(13)15)27-18-9-5-8-17-16(18)10-11-19(28)26-17/h2-11,13,20,27,29H,1,12H2,(H,26,28). The number of benzene rings is 2.